The molecule has 0 radical (unpaired) electrons. The van der Waals surface area contributed by atoms with E-state index >= 15 is 0 Å². The zero-order valence-corrected chi connectivity index (χ0v) is 13.4. The van der Waals surface area contributed by atoms with Crippen LogP contribution in [-0.4, -0.2) is 47.1 Å². The number of methoxy groups -OCH3 is 1. The Morgan fingerprint density at radius 1 is 1.45 bits per heavy atom. The van der Waals surface area contributed by atoms with Crippen LogP contribution in [0.4, 0.5) is 0 Å². The second-order valence-electron chi connectivity index (χ2n) is 5.78. The van der Waals surface area contributed by atoms with Crippen LogP contribution in [0, 0.1) is 0 Å². The second-order valence-corrected chi connectivity index (χ2v) is 7.58. The molecule has 1 saturated heterocycles. The van der Waals surface area contributed by atoms with Crippen LogP contribution in [0.2, 0.25) is 0 Å². The van der Waals surface area contributed by atoms with Crippen molar-refractivity contribution < 1.29 is 4.74 Å². The van der Waals surface area contributed by atoms with E-state index in [-0.39, 0.29) is 6.04 Å². The molecule has 1 unspecified atom stereocenters. The monoisotopic (exact) mass is 295 g/mol. The molecule has 2 heterocycles. The second kappa shape index (κ2) is 6.78. The molecule has 1 aromatic heterocycles. The summed E-state index contributed by atoms with van der Waals surface area (Å²) in [7, 11) is 1.64. The number of nitrogens with zero attached hydrogens (tertiary/aromatic N) is 2. The van der Waals surface area contributed by atoms with Gasteiger partial charge in [0.05, 0.1) is 7.11 Å². The molecule has 1 aliphatic heterocycles. The summed E-state index contributed by atoms with van der Waals surface area (Å²) in [6.07, 6.45) is 3.08. The summed E-state index contributed by atoms with van der Waals surface area (Å²) in [6.45, 7) is 7.45. The summed E-state index contributed by atoms with van der Waals surface area (Å²) < 4.78 is 5.48. The molecule has 2 N–H and O–H groups in total. The van der Waals surface area contributed by atoms with Crippen LogP contribution >= 0.6 is 11.8 Å². The molecule has 20 heavy (non-hydrogen) atoms. The van der Waals surface area contributed by atoms with Gasteiger partial charge in [-0.1, -0.05) is 19.9 Å². The zero-order chi connectivity index (χ0) is 14.6. The van der Waals surface area contributed by atoms with Crippen LogP contribution in [0.15, 0.2) is 18.3 Å². The number of rotatable bonds is 4. The lowest BCUT2D eigenvalue weighted by Gasteiger charge is -2.30. The minimum Gasteiger partial charge on any atom is -0.481 e. The number of aromatic nitrogens is 1. The maximum absolute atomic E-state index is 6.02. The third-order valence-electron chi connectivity index (χ3n) is 3.89. The maximum atomic E-state index is 6.02. The van der Waals surface area contributed by atoms with Crippen molar-refractivity contribution in [2.45, 2.75) is 31.1 Å². The Labute approximate surface area is 126 Å². The van der Waals surface area contributed by atoms with E-state index in [1.807, 2.05) is 12.3 Å². The minimum atomic E-state index is 0.253. The molecule has 1 aromatic rings. The van der Waals surface area contributed by atoms with Gasteiger partial charge in [-0.25, -0.2) is 4.98 Å². The van der Waals surface area contributed by atoms with E-state index in [2.05, 4.69) is 41.6 Å². The van der Waals surface area contributed by atoms with Crippen LogP contribution in [0.25, 0.3) is 0 Å². The fourth-order valence-corrected chi connectivity index (χ4v) is 3.67. The Kier molecular flexibility index (Phi) is 5.29. The SMILES string of the molecule is COc1ccc(C(CN)N2CCSC(C)(C)CC2)cn1. The molecule has 1 aliphatic rings. The van der Waals surface area contributed by atoms with Crippen molar-refractivity contribution in [2.75, 3.05) is 32.5 Å². The Balaban J connectivity index is 2.10. The zero-order valence-electron chi connectivity index (χ0n) is 12.6. The van der Waals surface area contributed by atoms with E-state index in [0.717, 1.165) is 18.8 Å². The molecule has 0 amide bonds. The fraction of sp³-hybridized carbons (Fsp3) is 0.667. The lowest BCUT2D eigenvalue weighted by atomic mass is 10.0. The highest BCUT2D eigenvalue weighted by Gasteiger charge is 2.27. The molecule has 0 aromatic carbocycles. The average Bonchev–Trinajstić information content (AvgIpc) is 2.62. The number of ether oxygens (including phenoxy) is 1. The lowest BCUT2D eigenvalue weighted by Crippen LogP contribution is -2.36. The number of thioether (sulfide) groups is 1. The van der Waals surface area contributed by atoms with Crippen LogP contribution < -0.4 is 10.5 Å². The maximum Gasteiger partial charge on any atom is 0.212 e. The topological polar surface area (TPSA) is 51.4 Å². The number of nitrogens with two attached hydrogens (primary N) is 1. The molecule has 0 spiro atoms. The first-order valence-electron chi connectivity index (χ1n) is 7.14. The average molecular weight is 295 g/mol. The molecular formula is C15H25N3OS. The quantitative estimate of drug-likeness (QED) is 0.924. The van der Waals surface area contributed by atoms with E-state index in [0.29, 0.717) is 17.2 Å². The predicted octanol–water partition coefficient (Wildman–Crippen LogP) is 2.31. The van der Waals surface area contributed by atoms with Gasteiger partial charge >= 0.3 is 0 Å². The first kappa shape index (κ1) is 15.6. The summed E-state index contributed by atoms with van der Waals surface area (Å²) in [4.78, 5) is 6.79. The first-order valence-corrected chi connectivity index (χ1v) is 8.12. The smallest absolute Gasteiger partial charge is 0.212 e. The van der Waals surface area contributed by atoms with Gasteiger partial charge in [-0.3, -0.25) is 4.90 Å². The van der Waals surface area contributed by atoms with Gasteiger partial charge in [0, 0.05) is 48.4 Å². The Hall–Kier alpha value is -0.780. The van der Waals surface area contributed by atoms with E-state index in [1.54, 1.807) is 7.11 Å². The van der Waals surface area contributed by atoms with Crippen molar-refractivity contribution in [2.24, 2.45) is 5.73 Å². The highest BCUT2D eigenvalue weighted by molar-refractivity contribution is 8.00. The highest BCUT2D eigenvalue weighted by Crippen LogP contribution is 2.33. The number of pyridine rings is 1. The van der Waals surface area contributed by atoms with Crippen LogP contribution in [-0.2, 0) is 0 Å². The number of hydrogen-bond acceptors (Lipinski definition) is 5. The Morgan fingerprint density at radius 3 is 2.85 bits per heavy atom. The molecular weight excluding hydrogens is 270 g/mol. The van der Waals surface area contributed by atoms with Gasteiger partial charge in [0.2, 0.25) is 5.88 Å². The summed E-state index contributed by atoms with van der Waals surface area (Å²) in [5.41, 5.74) is 7.20. The molecule has 0 aliphatic carbocycles. The minimum absolute atomic E-state index is 0.253. The Bertz CT molecular complexity index is 422. The van der Waals surface area contributed by atoms with Crippen molar-refractivity contribution >= 4 is 11.8 Å². The van der Waals surface area contributed by atoms with E-state index < -0.39 is 0 Å². The molecule has 1 atom stereocenters. The molecule has 2 rings (SSSR count). The molecule has 112 valence electrons. The van der Waals surface area contributed by atoms with Gasteiger partial charge in [-0.15, -0.1) is 0 Å². The third-order valence-corrected chi connectivity index (χ3v) is 5.26. The van der Waals surface area contributed by atoms with Crippen LogP contribution in [0.3, 0.4) is 0 Å². The van der Waals surface area contributed by atoms with E-state index in [9.17, 15) is 0 Å². The third kappa shape index (κ3) is 3.87. The Morgan fingerprint density at radius 2 is 2.25 bits per heavy atom. The normalized spacial score (nSPS) is 21.2. The molecule has 1 fully saturated rings. The summed E-state index contributed by atoms with van der Waals surface area (Å²) in [6, 6.07) is 4.24. The predicted molar refractivity (Wildman–Crippen MR) is 85.3 cm³/mol. The van der Waals surface area contributed by atoms with Gasteiger partial charge in [0.1, 0.15) is 0 Å². The van der Waals surface area contributed by atoms with Gasteiger partial charge in [0.25, 0.3) is 0 Å². The highest BCUT2D eigenvalue weighted by atomic mass is 32.2. The van der Waals surface area contributed by atoms with E-state index in [4.69, 9.17) is 10.5 Å². The molecule has 0 bridgehead atoms. The van der Waals surface area contributed by atoms with Gasteiger partial charge in [-0.2, -0.15) is 11.8 Å². The van der Waals surface area contributed by atoms with Crippen molar-refractivity contribution in [3.63, 3.8) is 0 Å². The van der Waals surface area contributed by atoms with Crippen molar-refractivity contribution in [1.82, 2.24) is 9.88 Å². The summed E-state index contributed by atoms with van der Waals surface area (Å²) in [5.74, 6) is 1.81. The summed E-state index contributed by atoms with van der Waals surface area (Å²) >= 11 is 2.06. The summed E-state index contributed by atoms with van der Waals surface area (Å²) in [5, 5.41) is 0. The largest absolute Gasteiger partial charge is 0.481 e. The fourth-order valence-electron chi connectivity index (χ4n) is 2.55. The van der Waals surface area contributed by atoms with Crippen LogP contribution in [0.5, 0.6) is 5.88 Å². The van der Waals surface area contributed by atoms with E-state index in [1.165, 1.54) is 12.0 Å². The van der Waals surface area contributed by atoms with Crippen LogP contribution in [0.1, 0.15) is 31.9 Å². The first-order chi connectivity index (χ1) is 9.55. The van der Waals surface area contributed by atoms with Gasteiger partial charge in [0.15, 0.2) is 0 Å². The van der Waals surface area contributed by atoms with Crippen molar-refractivity contribution in [3.05, 3.63) is 23.9 Å². The van der Waals surface area contributed by atoms with Crippen molar-refractivity contribution in [1.29, 1.82) is 0 Å². The molecule has 5 heteroatoms. The molecule has 4 nitrogen and oxygen atoms in total. The standard InChI is InChI=1S/C15H25N3OS/c1-15(2)6-7-18(8-9-20-15)13(10-16)12-4-5-14(19-3)17-11-12/h4-5,11,13H,6-10,16H2,1-3H3. The number of hydrogen-bond donors (Lipinski definition) is 1. The van der Waals surface area contributed by atoms with Gasteiger partial charge < -0.3 is 10.5 Å². The van der Waals surface area contributed by atoms with Crippen molar-refractivity contribution in [3.8, 4) is 5.88 Å². The molecule has 0 saturated carbocycles. The lowest BCUT2D eigenvalue weighted by molar-refractivity contribution is 0.210. The van der Waals surface area contributed by atoms with Gasteiger partial charge in [-0.05, 0) is 12.0 Å².